The highest BCUT2D eigenvalue weighted by Gasteiger charge is 2.30. The van der Waals surface area contributed by atoms with Gasteiger partial charge in [0, 0.05) is 36.3 Å². The van der Waals surface area contributed by atoms with Crippen LogP contribution < -0.4 is 16.0 Å². The second kappa shape index (κ2) is 12.9. The third-order valence-electron chi connectivity index (χ3n) is 4.86. The van der Waals surface area contributed by atoms with E-state index < -0.39 is 6.04 Å². The molecule has 170 valence electrons. The number of nitrogens with one attached hydrogen (secondary N) is 3. The maximum Gasteiger partial charge on any atom is 0.250 e. The Hall–Kier alpha value is -2.66. The Balaban J connectivity index is 1.95. The Kier molecular flexibility index (Phi) is 10.2. The number of ether oxygens (including phenoxy) is 2. The van der Waals surface area contributed by atoms with Crippen molar-refractivity contribution >= 4 is 29.7 Å². The van der Waals surface area contributed by atoms with Gasteiger partial charge in [-0.15, -0.1) is 0 Å². The molecule has 3 amide bonds. The van der Waals surface area contributed by atoms with Gasteiger partial charge in [-0.2, -0.15) is 0 Å². The fourth-order valence-electron chi connectivity index (χ4n) is 3.22. The molecule has 1 atom stereocenters. The number of hydrogen-bond acceptors (Lipinski definition) is 8. The second-order valence-corrected chi connectivity index (χ2v) is 7.19. The van der Waals surface area contributed by atoms with Crippen LogP contribution in [-0.4, -0.2) is 82.0 Å². The van der Waals surface area contributed by atoms with Crippen LogP contribution in [0.15, 0.2) is 18.2 Å². The summed E-state index contributed by atoms with van der Waals surface area (Å²) in [5, 5.41) is 8.06. The van der Waals surface area contributed by atoms with Gasteiger partial charge in [0.1, 0.15) is 12.9 Å². The minimum atomic E-state index is -0.493. The molecule has 1 saturated heterocycles. The predicted molar refractivity (Wildman–Crippen MR) is 114 cm³/mol. The lowest BCUT2D eigenvalue weighted by molar-refractivity contribution is -0.137. The highest BCUT2D eigenvalue weighted by atomic mass is 16.5. The van der Waals surface area contributed by atoms with Gasteiger partial charge in [-0.05, 0) is 26.6 Å². The molecule has 0 spiro atoms. The Morgan fingerprint density at radius 3 is 2.74 bits per heavy atom. The standard InChI is InChI=1S/C21H30N4O6/c1-22-8-9-30-10-11-31-14-20(28)23-17-5-3-4-15(13-26)16(17)12-25(2)18-6-7-19(27)24-21(18)29/h3-5,13,18,22H,6-12,14H2,1-2H3,(H,23,28)(H,24,27,29). The molecular formula is C21H30N4O6. The van der Waals surface area contributed by atoms with Crippen LogP contribution in [-0.2, 0) is 30.4 Å². The highest BCUT2D eigenvalue weighted by molar-refractivity contribution is 6.00. The van der Waals surface area contributed by atoms with Crippen molar-refractivity contribution in [1.29, 1.82) is 0 Å². The number of rotatable bonds is 13. The van der Waals surface area contributed by atoms with Gasteiger partial charge in [-0.25, -0.2) is 0 Å². The van der Waals surface area contributed by atoms with Gasteiger partial charge in [0.15, 0.2) is 0 Å². The van der Waals surface area contributed by atoms with Crippen LogP contribution in [0.1, 0.15) is 28.8 Å². The Bertz CT molecular complexity index is 785. The lowest BCUT2D eigenvalue weighted by Gasteiger charge is -2.30. The number of anilines is 1. The molecule has 1 aromatic carbocycles. The summed E-state index contributed by atoms with van der Waals surface area (Å²) in [5.74, 6) is -1.01. The van der Waals surface area contributed by atoms with Crippen LogP contribution in [0.5, 0.6) is 0 Å². The molecule has 2 rings (SSSR count). The van der Waals surface area contributed by atoms with E-state index in [0.717, 1.165) is 6.54 Å². The van der Waals surface area contributed by atoms with Gasteiger partial charge >= 0.3 is 0 Å². The van der Waals surface area contributed by atoms with E-state index in [4.69, 9.17) is 9.47 Å². The zero-order valence-corrected chi connectivity index (χ0v) is 17.9. The van der Waals surface area contributed by atoms with Crippen molar-refractivity contribution in [2.75, 3.05) is 52.4 Å². The number of nitrogens with zero attached hydrogens (tertiary/aromatic N) is 1. The van der Waals surface area contributed by atoms with Gasteiger partial charge < -0.3 is 20.1 Å². The predicted octanol–water partition coefficient (Wildman–Crippen LogP) is -0.0728. The Morgan fingerprint density at radius 2 is 2.03 bits per heavy atom. The van der Waals surface area contributed by atoms with Gasteiger partial charge in [-0.1, -0.05) is 12.1 Å². The minimum Gasteiger partial charge on any atom is -0.378 e. The molecule has 1 aliphatic rings. The number of likely N-dealkylation sites (N-methyl/N-ethyl adjacent to an activating group) is 2. The summed E-state index contributed by atoms with van der Waals surface area (Å²) in [6, 6.07) is 4.52. The molecule has 1 aliphatic heterocycles. The van der Waals surface area contributed by atoms with Crippen LogP contribution in [0.4, 0.5) is 5.69 Å². The number of piperidine rings is 1. The summed E-state index contributed by atoms with van der Waals surface area (Å²) < 4.78 is 10.6. The topological polar surface area (TPSA) is 126 Å². The van der Waals surface area contributed by atoms with Crippen molar-refractivity contribution < 1.29 is 28.7 Å². The Morgan fingerprint density at radius 1 is 1.26 bits per heavy atom. The molecule has 3 N–H and O–H groups in total. The van der Waals surface area contributed by atoms with E-state index in [1.54, 1.807) is 30.1 Å². The smallest absolute Gasteiger partial charge is 0.250 e. The van der Waals surface area contributed by atoms with Crippen molar-refractivity contribution in [3.05, 3.63) is 29.3 Å². The van der Waals surface area contributed by atoms with Crippen LogP contribution in [0.2, 0.25) is 0 Å². The number of aldehydes is 1. The third kappa shape index (κ3) is 7.83. The lowest BCUT2D eigenvalue weighted by atomic mass is 10.0. The van der Waals surface area contributed by atoms with E-state index in [1.807, 2.05) is 7.05 Å². The van der Waals surface area contributed by atoms with Crippen molar-refractivity contribution in [1.82, 2.24) is 15.5 Å². The number of hydrogen-bond donors (Lipinski definition) is 3. The van der Waals surface area contributed by atoms with Gasteiger partial charge in [0.05, 0.1) is 25.9 Å². The molecule has 0 aromatic heterocycles. The van der Waals surface area contributed by atoms with Crippen LogP contribution in [0.25, 0.3) is 0 Å². The van der Waals surface area contributed by atoms with Crippen molar-refractivity contribution in [2.45, 2.75) is 25.4 Å². The fourth-order valence-corrected chi connectivity index (χ4v) is 3.22. The quantitative estimate of drug-likeness (QED) is 0.224. The molecule has 0 radical (unpaired) electrons. The monoisotopic (exact) mass is 434 g/mol. The summed E-state index contributed by atoms with van der Waals surface area (Å²) in [6.45, 7) is 2.08. The number of benzene rings is 1. The van der Waals surface area contributed by atoms with Crippen molar-refractivity contribution in [3.8, 4) is 0 Å². The average Bonchev–Trinajstić information content (AvgIpc) is 2.74. The molecule has 31 heavy (non-hydrogen) atoms. The fraction of sp³-hybridized carbons (Fsp3) is 0.524. The molecule has 1 unspecified atom stereocenters. The molecule has 1 fully saturated rings. The van der Waals surface area contributed by atoms with Gasteiger partial charge in [0.2, 0.25) is 17.7 Å². The molecule has 0 bridgehead atoms. The van der Waals surface area contributed by atoms with Crippen molar-refractivity contribution in [2.24, 2.45) is 0 Å². The van der Waals surface area contributed by atoms with Gasteiger partial charge in [0.25, 0.3) is 0 Å². The average molecular weight is 434 g/mol. The zero-order valence-electron chi connectivity index (χ0n) is 17.9. The van der Waals surface area contributed by atoms with Gasteiger partial charge in [-0.3, -0.25) is 29.4 Å². The molecule has 0 saturated carbocycles. The van der Waals surface area contributed by atoms with E-state index in [1.165, 1.54) is 0 Å². The number of amides is 3. The van der Waals surface area contributed by atoms with Crippen LogP contribution in [0, 0.1) is 0 Å². The molecule has 10 nitrogen and oxygen atoms in total. The molecule has 1 aromatic rings. The van der Waals surface area contributed by atoms with E-state index in [0.29, 0.717) is 42.7 Å². The first kappa shape index (κ1) is 24.6. The molecule has 10 heteroatoms. The maximum atomic E-state index is 12.3. The maximum absolute atomic E-state index is 12.3. The molecule has 1 heterocycles. The largest absolute Gasteiger partial charge is 0.378 e. The summed E-state index contributed by atoms with van der Waals surface area (Å²) in [6.07, 6.45) is 1.37. The molecular weight excluding hydrogens is 404 g/mol. The van der Waals surface area contributed by atoms with Crippen LogP contribution in [0.3, 0.4) is 0 Å². The van der Waals surface area contributed by atoms with E-state index in [2.05, 4.69) is 16.0 Å². The minimum absolute atomic E-state index is 0.150. The highest BCUT2D eigenvalue weighted by Crippen LogP contribution is 2.23. The number of carbonyl (C=O) groups excluding carboxylic acids is 4. The summed E-state index contributed by atoms with van der Waals surface area (Å²) in [4.78, 5) is 49.1. The SMILES string of the molecule is CNCCOCCOCC(=O)Nc1cccc(C=O)c1CN(C)C1CCC(=O)NC1=O. The summed E-state index contributed by atoms with van der Waals surface area (Å²) in [5.41, 5.74) is 1.48. The number of carbonyl (C=O) groups is 4. The van der Waals surface area contributed by atoms with E-state index in [-0.39, 0.29) is 43.9 Å². The lowest BCUT2D eigenvalue weighted by Crippen LogP contribution is -2.51. The first-order chi connectivity index (χ1) is 15.0. The summed E-state index contributed by atoms with van der Waals surface area (Å²) in [7, 11) is 3.57. The normalized spacial score (nSPS) is 16.3. The first-order valence-corrected chi connectivity index (χ1v) is 10.2. The zero-order chi connectivity index (χ0) is 22.6. The molecule has 0 aliphatic carbocycles. The Labute approximate surface area is 181 Å². The number of imide groups is 1. The third-order valence-corrected chi connectivity index (χ3v) is 4.86. The van der Waals surface area contributed by atoms with Crippen molar-refractivity contribution in [3.63, 3.8) is 0 Å². The van der Waals surface area contributed by atoms with E-state index >= 15 is 0 Å². The second-order valence-electron chi connectivity index (χ2n) is 7.19. The first-order valence-electron chi connectivity index (χ1n) is 10.2. The summed E-state index contributed by atoms with van der Waals surface area (Å²) >= 11 is 0. The van der Waals surface area contributed by atoms with E-state index in [9.17, 15) is 19.2 Å². The van der Waals surface area contributed by atoms with Crippen LogP contribution >= 0.6 is 0 Å².